The molecule has 0 saturated carbocycles. The summed E-state index contributed by atoms with van der Waals surface area (Å²) in [5.41, 5.74) is 4.76. The molecule has 0 fully saturated rings. The molecule has 0 saturated heterocycles. The van der Waals surface area contributed by atoms with Gasteiger partial charge in [0, 0.05) is 24.2 Å². The van der Waals surface area contributed by atoms with Crippen molar-refractivity contribution in [1.29, 1.82) is 0 Å². The van der Waals surface area contributed by atoms with E-state index in [1.54, 1.807) is 29.5 Å². The third kappa shape index (κ3) is 6.66. The molecule has 4 aromatic rings. The average molecular weight is 480 g/mol. The highest BCUT2D eigenvalue weighted by atomic mass is 32.2. The Kier molecular flexibility index (Phi) is 8.78. The molecule has 2 amide bonds. The summed E-state index contributed by atoms with van der Waals surface area (Å²) in [6, 6.07) is 18.1. The van der Waals surface area contributed by atoms with Crippen LogP contribution in [0.25, 0.3) is 5.65 Å². The number of fused-ring (bicyclic) bond motifs is 1. The van der Waals surface area contributed by atoms with Crippen molar-refractivity contribution in [2.45, 2.75) is 31.8 Å². The lowest BCUT2D eigenvalue weighted by atomic mass is 10.1. The fraction of sp³-hybridized carbons (Fsp3) is 0.160. The number of carbonyl (C=O) groups excluding carboxylic acids is 2. The predicted octanol–water partition coefficient (Wildman–Crippen LogP) is 3.92. The Morgan fingerprint density at radius 1 is 1.09 bits per heavy atom. The van der Waals surface area contributed by atoms with Gasteiger partial charge in [0.15, 0.2) is 0 Å². The minimum absolute atomic E-state index is 0.125. The zero-order valence-corrected chi connectivity index (χ0v) is 19.7. The van der Waals surface area contributed by atoms with E-state index in [-0.39, 0.29) is 11.7 Å². The van der Waals surface area contributed by atoms with E-state index < -0.39 is 0 Å². The molecule has 4 N–H and O–H groups in total. The van der Waals surface area contributed by atoms with Crippen LogP contribution in [0.1, 0.15) is 32.9 Å². The summed E-state index contributed by atoms with van der Waals surface area (Å²) in [7, 11) is 0. The van der Waals surface area contributed by atoms with Gasteiger partial charge >= 0.3 is 0 Å². The van der Waals surface area contributed by atoms with Crippen LogP contribution in [-0.2, 0) is 17.9 Å². The number of aryl methyl sites for hydroxylation is 2. The monoisotopic (exact) mass is 479 g/mol. The van der Waals surface area contributed by atoms with Crippen LogP contribution in [0.3, 0.4) is 0 Å². The van der Waals surface area contributed by atoms with E-state index in [0.29, 0.717) is 30.8 Å². The standard InChI is InChI=1S/C16H16N4OS.C9H10FNO/c1-11-10-20-14(3-2-4-15(20)19-11)16(21)18-9-12-5-7-13(22-17)8-6-12;1-7-4-8(5-11-6-12)2-3-9(7)10/h2-8,10H,9,17H2,1H3,(H,18,21);2-4,6H,5H2,1H3,(H,11,12). The number of amides is 2. The molecule has 4 rings (SSSR count). The number of nitrogens with one attached hydrogen (secondary N) is 2. The quantitative estimate of drug-likeness (QED) is 0.276. The van der Waals surface area contributed by atoms with Crippen molar-refractivity contribution in [1.82, 2.24) is 20.0 Å². The summed E-state index contributed by atoms with van der Waals surface area (Å²) >= 11 is 1.20. The van der Waals surface area contributed by atoms with Gasteiger partial charge in [0.05, 0.1) is 5.69 Å². The molecule has 0 aliphatic rings. The number of benzene rings is 2. The van der Waals surface area contributed by atoms with E-state index in [1.807, 2.05) is 49.5 Å². The van der Waals surface area contributed by atoms with Gasteiger partial charge in [-0.05, 0) is 72.8 Å². The fourth-order valence-electron chi connectivity index (χ4n) is 3.25. The van der Waals surface area contributed by atoms with E-state index in [9.17, 15) is 14.0 Å². The number of hydrogen-bond donors (Lipinski definition) is 3. The first-order valence-electron chi connectivity index (χ1n) is 10.5. The second-order valence-electron chi connectivity index (χ2n) is 7.55. The molecule has 2 aromatic heterocycles. The molecule has 176 valence electrons. The van der Waals surface area contributed by atoms with E-state index in [2.05, 4.69) is 15.6 Å². The number of hydrogen-bond acceptors (Lipinski definition) is 5. The molecule has 7 nitrogen and oxygen atoms in total. The molecule has 9 heteroatoms. The summed E-state index contributed by atoms with van der Waals surface area (Å²) in [4.78, 5) is 27.7. The third-order valence-corrected chi connectivity index (χ3v) is 5.51. The zero-order valence-electron chi connectivity index (χ0n) is 18.9. The van der Waals surface area contributed by atoms with Gasteiger partial charge in [-0.25, -0.2) is 9.37 Å². The molecule has 0 unspecified atom stereocenters. The molecule has 0 aliphatic carbocycles. The van der Waals surface area contributed by atoms with Crippen molar-refractivity contribution in [3.8, 4) is 0 Å². The Balaban J connectivity index is 0.000000229. The van der Waals surface area contributed by atoms with Crippen LogP contribution in [0.15, 0.2) is 71.8 Å². The molecular weight excluding hydrogens is 453 g/mol. The van der Waals surface area contributed by atoms with Crippen LogP contribution < -0.4 is 15.8 Å². The Bertz CT molecular complexity index is 1270. The molecule has 0 atom stereocenters. The number of imidazole rings is 1. The maximum Gasteiger partial charge on any atom is 0.268 e. The van der Waals surface area contributed by atoms with Gasteiger partial charge < -0.3 is 10.6 Å². The summed E-state index contributed by atoms with van der Waals surface area (Å²) in [6.45, 7) is 4.52. The first kappa shape index (κ1) is 24.9. The second-order valence-corrected chi connectivity index (χ2v) is 8.26. The van der Waals surface area contributed by atoms with Crippen molar-refractivity contribution in [2.24, 2.45) is 5.14 Å². The van der Waals surface area contributed by atoms with E-state index in [4.69, 9.17) is 5.14 Å². The highest BCUT2D eigenvalue weighted by Crippen LogP contribution is 2.13. The molecular formula is C25H26FN5O2S. The maximum absolute atomic E-state index is 12.7. The number of halogens is 1. The lowest BCUT2D eigenvalue weighted by Crippen LogP contribution is -2.24. The van der Waals surface area contributed by atoms with Crippen LogP contribution in [0.4, 0.5) is 4.39 Å². The number of carbonyl (C=O) groups is 2. The molecule has 0 bridgehead atoms. The number of rotatable bonds is 7. The van der Waals surface area contributed by atoms with Gasteiger partial charge in [-0.15, -0.1) is 0 Å². The topological polar surface area (TPSA) is 102 Å². The van der Waals surface area contributed by atoms with Crippen LogP contribution in [-0.4, -0.2) is 21.7 Å². The Hall–Kier alpha value is -3.69. The number of aromatic nitrogens is 2. The van der Waals surface area contributed by atoms with E-state index >= 15 is 0 Å². The van der Waals surface area contributed by atoms with Gasteiger partial charge in [-0.1, -0.05) is 30.3 Å². The summed E-state index contributed by atoms with van der Waals surface area (Å²) in [6.07, 6.45) is 2.48. The fourth-order valence-corrected chi connectivity index (χ4v) is 3.55. The highest BCUT2D eigenvalue weighted by molar-refractivity contribution is 7.97. The summed E-state index contributed by atoms with van der Waals surface area (Å²) in [5, 5.41) is 10.9. The Morgan fingerprint density at radius 3 is 2.50 bits per heavy atom. The first-order chi connectivity index (χ1) is 16.4. The molecule has 2 aromatic carbocycles. The molecule has 2 heterocycles. The lowest BCUT2D eigenvalue weighted by Gasteiger charge is -2.08. The van der Waals surface area contributed by atoms with Crippen LogP contribution >= 0.6 is 11.9 Å². The predicted molar refractivity (Wildman–Crippen MR) is 132 cm³/mol. The number of pyridine rings is 1. The summed E-state index contributed by atoms with van der Waals surface area (Å²) < 4.78 is 14.5. The van der Waals surface area contributed by atoms with Crippen LogP contribution in [0, 0.1) is 19.7 Å². The molecule has 0 spiro atoms. The molecule has 0 radical (unpaired) electrons. The first-order valence-corrected chi connectivity index (χ1v) is 11.4. The van der Waals surface area contributed by atoms with Gasteiger partial charge in [0.2, 0.25) is 6.41 Å². The SMILES string of the molecule is Cc1cc(CNC=O)ccc1F.Cc1cn2c(C(=O)NCc3ccc(SN)cc3)cccc2n1. The minimum Gasteiger partial charge on any atom is -0.355 e. The van der Waals surface area contributed by atoms with Crippen molar-refractivity contribution < 1.29 is 14.0 Å². The Labute approximate surface area is 201 Å². The van der Waals surface area contributed by atoms with Crippen molar-refractivity contribution in [2.75, 3.05) is 0 Å². The lowest BCUT2D eigenvalue weighted by molar-refractivity contribution is -0.109. The molecule has 0 aliphatic heterocycles. The average Bonchev–Trinajstić information content (AvgIpc) is 3.24. The van der Waals surface area contributed by atoms with E-state index in [1.165, 1.54) is 18.0 Å². The van der Waals surface area contributed by atoms with Gasteiger partial charge in [0.1, 0.15) is 17.2 Å². The molecule has 34 heavy (non-hydrogen) atoms. The van der Waals surface area contributed by atoms with Crippen molar-refractivity contribution in [3.05, 3.63) is 101 Å². The smallest absolute Gasteiger partial charge is 0.268 e. The van der Waals surface area contributed by atoms with Crippen molar-refractivity contribution >= 4 is 29.9 Å². The van der Waals surface area contributed by atoms with Gasteiger partial charge in [-0.3, -0.25) is 19.1 Å². The van der Waals surface area contributed by atoms with Crippen LogP contribution in [0.5, 0.6) is 0 Å². The summed E-state index contributed by atoms with van der Waals surface area (Å²) in [5.74, 6) is -0.342. The minimum atomic E-state index is -0.218. The number of nitrogens with two attached hydrogens (primary N) is 1. The maximum atomic E-state index is 12.7. The number of nitrogens with zero attached hydrogens (tertiary/aromatic N) is 2. The third-order valence-electron chi connectivity index (χ3n) is 4.97. The van der Waals surface area contributed by atoms with Crippen molar-refractivity contribution in [3.63, 3.8) is 0 Å². The zero-order chi connectivity index (χ0) is 24.5. The van der Waals surface area contributed by atoms with Gasteiger partial charge in [-0.2, -0.15) is 0 Å². The second kappa shape index (κ2) is 12.0. The van der Waals surface area contributed by atoms with Crippen LogP contribution in [0.2, 0.25) is 0 Å². The Morgan fingerprint density at radius 2 is 1.82 bits per heavy atom. The van der Waals surface area contributed by atoms with Gasteiger partial charge in [0.25, 0.3) is 5.91 Å². The largest absolute Gasteiger partial charge is 0.355 e. The highest BCUT2D eigenvalue weighted by Gasteiger charge is 2.10. The normalized spacial score (nSPS) is 10.4. The van der Waals surface area contributed by atoms with E-state index in [0.717, 1.165) is 27.4 Å².